The van der Waals surface area contributed by atoms with Crippen LogP contribution in [0.15, 0.2) is 18.7 Å². The van der Waals surface area contributed by atoms with Gasteiger partial charge in [-0.3, -0.25) is 0 Å². The molecule has 17 heavy (non-hydrogen) atoms. The van der Waals surface area contributed by atoms with Crippen LogP contribution >= 0.6 is 0 Å². The summed E-state index contributed by atoms with van der Waals surface area (Å²) in [5, 5.41) is 3.00. The third-order valence-electron chi connectivity index (χ3n) is 1.52. The van der Waals surface area contributed by atoms with Crippen LogP contribution in [-0.2, 0) is 0 Å². The number of pyridine rings is 1. The Bertz CT molecular complexity index is 268. The summed E-state index contributed by atoms with van der Waals surface area (Å²) in [6, 6.07) is 3.97. The molecular weight excluding hydrogens is 208 g/mol. The molecule has 1 N–H and O–H groups in total. The second-order valence-electron chi connectivity index (χ2n) is 2.34. The topological polar surface area (TPSA) is 24.9 Å². The average Bonchev–Trinajstić information content (AvgIpc) is 2.45. The van der Waals surface area contributed by atoms with Gasteiger partial charge in [-0.2, -0.15) is 0 Å². The fourth-order valence-electron chi connectivity index (χ4n) is 0.932. The summed E-state index contributed by atoms with van der Waals surface area (Å²) in [6.07, 6.45) is 1.79. The van der Waals surface area contributed by atoms with Crippen molar-refractivity contribution in [3.05, 3.63) is 30.0 Å². The van der Waals surface area contributed by atoms with E-state index < -0.39 is 0 Å². The van der Waals surface area contributed by atoms with Crippen LogP contribution in [0.4, 0.5) is 5.82 Å². The molecule has 0 aliphatic carbocycles. The predicted molar refractivity (Wildman–Crippen MR) is 82.7 cm³/mol. The first-order chi connectivity index (χ1) is 8.27. The Morgan fingerprint density at radius 2 is 1.53 bits per heavy atom. The molecule has 0 fully saturated rings. The highest BCUT2D eigenvalue weighted by molar-refractivity contribution is 5.61. The van der Waals surface area contributed by atoms with E-state index in [0.717, 1.165) is 17.1 Å². The van der Waals surface area contributed by atoms with Gasteiger partial charge in [-0.15, -0.1) is 0 Å². The largest absolute Gasteiger partial charge is 0.373 e. The van der Waals surface area contributed by atoms with Gasteiger partial charge in [0.2, 0.25) is 0 Å². The van der Waals surface area contributed by atoms with Gasteiger partial charge in [-0.1, -0.05) is 54.2 Å². The monoisotopic (exact) mass is 238 g/mol. The van der Waals surface area contributed by atoms with Crippen LogP contribution in [0.1, 0.15) is 52.8 Å². The van der Waals surface area contributed by atoms with E-state index in [1.807, 2.05) is 67.6 Å². The Kier molecular flexibility index (Phi) is 21.1. The number of nitrogens with zero attached hydrogens (tertiary/aromatic N) is 1. The maximum atomic E-state index is 4.28. The Morgan fingerprint density at radius 3 is 1.88 bits per heavy atom. The van der Waals surface area contributed by atoms with E-state index >= 15 is 0 Å². The number of hydrogen-bond donors (Lipinski definition) is 1. The smallest absolute Gasteiger partial charge is 0.133 e. The molecule has 2 nitrogen and oxygen atoms in total. The first kappa shape index (κ1) is 21.0. The van der Waals surface area contributed by atoms with Crippen molar-refractivity contribution in [2.45, 2.75) is 48.5 Å². The van der Waals surface area contributed by atoms with E-state index in [1.54, 1.807) is 6.08 Å². The van der Waals surface area contributed by atoms with Crippen molar-refractivity contribution in [2.75, 3.05) is 12.4 Å². The molecule has 0 atom stereocenters. The lowest BCUT2D eigenvalue weighted by Gasteiger charge is -2.03. The van der Waals surface area contributed by atoms with Gasteiger partial charge in [-0.05, 0) is 19.1 Å². The fourth-order valence-corrected chi connectivity index (χ4v) is 0.932. The highest BCUT2D eigenvalue weighted by atomic mass is 15.0. The number of rotatable bonds is 2. The third-order valence-corrected chi connectivity index (χ3v) is 1.52. The summed E-state index contributed by atoms with van der Waals surface area (Å²) >= 11 is 0. The Hall–Kier alpha value is -1.31. The molecule has 0 amide bonds. The first-order valence-electron chi connectivity index (χ1n) is 6.55. The van der Waals surface area contributed by atoms with Gasteiger partial charge in [0.05, 0.1) is 0 Å². The minimum absolute atomic E-state index is 0.889. The molecule has 1 rings (SSSR count). The number of nitrogens with one attached hydrogen (secondary N) is 1. The van der Waals surface area contributed by atoms with Crippen molar-refractivity contribution in [2.24, 2.45) is 0 Å². The summed E-state index contributed by atoms with van der Waals surface area (Å²) in [4.78, 5) is 4.28. The molecule has 0 unspecified atom stereocenters. The number of aryl methyl sites for hydroxylation is 1. The Labute approximate surface area is 108 Å². The van der Waals surface area contributed by atoms with Crippen LogP contribution in [0.5, 0.6) is 0 Å². The van der Waals surface area contributed by atoms with Gasteiger partial charge in [-0.25, -0.2) is 4.98 Å². The molecule has 100 valence electrons. The second kappa shape index (κ2) is 17.1. The number of hydrogen-bond acceptors (Lipinski definition) is 2. The second-order valence-corrected chi connectivity index (χ2v) is 2.34. The van der Waals surface area contributed by atoms with Crippen molar-refractivity contribution in [3.8, 4) is 0 Å². The van der Waals surface area contributed by atoms with Gasteiger partial charge in [0.25, 0.3) is 0 Å². The van der Waals surface area contributed by atoms with Crippen LogP contribution in [0.2, 0.25) is 0 Å². The third kappa shape index (κ3) is 9.61. The zero-order chi connectivity index (χ0) is 14.3. The van der Waals surface area contributed by atoms with E-state index in [9.17, 15) is 0 Å². The lowest BCUT2D eigenvalue weighted by atomic mass is 10.2. The lowest BCUT2D eigenvalue weighted by molar-refractivity contribution is 1.18. The van der Waals surface area contributed by atoms with Crippen LogP contribution in [0.25, 0.3) is 6.08 Å². The van der Waals surface area contributed by atoms with Gasteiger partial charge in [0.1, 0.15) is 5.82 Å². The van der Waals surface area contributed by atoms with Gasteiger partial charge < -0.3 is 5.32 Å². The molecule has 0 aliphatic rings. The number of aromatic nitrogens is 1. The van der Waals surface area contributed by atoms with Crippen LogP contribution < -0.4 is 5.32 Å². The van der Waals surface area contributed by atoms with Gasteiger partial charge in [0, 0.05) is 18.3 Å². The number of anilines is 1. The van der Waals surface area contributed by atoms with E-state index in [4.69, 9.17) is 0 Å². The normalized spacial score (nSPS) is 7.06. The van der Waals surface area contributed by atoms with Crippen molar-refractivity contribution >= 4 is 11.9 Å². The van der Waals surface area contributed by atoms with Crippen LogP contribution in [0.3, 0.4) is 0 Å². The fraction of sp³-hybridized carbons (Fsp3) is 0.533. The lowest BCUT2D eigenvalue weighted by Crippen LogP contribution is -1.96. The molecule has 1 heterocycles. The molecule has 0 aromatic carbocycles. The minimum Gasteiger partial charge on any atom is -0.373 e. The van der Waals surface area contributed by atoms with Crippen LogP contribution in [0, 0.1) is 6.92 Å². The molecule has 2 heteroatoms. The molecule has 1 aromatic heterocycles. The molecule has 0 spiro atoms. The highest BCUT2D eigenvalue weighted by Crippen LogP contribution is 2.12. The summed E-state index contributed by atoms with van der Waals surface area (Å²) in [7, 11) is 1.86. The maximum Gasteiger partial charge on any atom is 0.133 e. The molecule has 0 saturated carbocycles. The zero-order valence-corrected chi connectivity index (χ0v) is 12.9. The minimum atomic E-state index is 0.889. The molecular formula is C15H30N2. The summed E-state index contributed by atoms with van der Waals surface area (Å²) < 4.78 is 0. The van der Waals surface area contributed by atoms with E-state index in [2.05, 4.69) is 16.9 Å². The standard InChI is InChI=1S/C9H12N2.3C2H6/c1-4-8-6-5-7(2)11-9(8)10-3;3*1-2/h4-6H,1H2,2-3H3,(H,10,11);3*1-2H3. The molecule has 0 radical (unpaired) electrons. The predicted octanol–water partition coefficient (Wildman–Crippen LogP) is 5.15. The maximum absolute atomic E-state index is 4.28. The SMILES string of the molecule is C=Cc1ccc(C)nc1NC.CC.CC.CC. The van der Waals surface area contributed by atoms with E-state index in [-0.39, 0.29) is 0 Å². The van der Waals surface area contributed by atoms with Gasteiger partial charge >= 0.3 is 0 Å². The Morgan fingerprint density at radius 1 is 1.06 bits per heavy atom. The van der Waals surface area contributed by atoms with Crippen molar-refractivity contribution in [3.63, 3.8) is 0 Å². The molecule has 0 aliphatic heterocycles. The van der Waals surface area contributed by atoms with E-state index in [1.165, 1.54) is 0 Å². The molecule has 0 saturated heterocycles. The Balaban J connectivity index is -0.000000285. The highest BCUT2D eigenvalue weighted by Gasteiger charge is 1.96. The average molecular weight is 238 g/mol. The zero-order valence-electron chi connectivity index (χ0n) is 12.9. The van der Waals surface area contributed by atoms with Crippen LogP contribution in [-0.4, -0.2) is 12.0 Å². The van der Waals surface area contributed by atoms with Gasteiger partial charge in [0.15, 0.2) is 0 Å². The summed E-state index contributed by atoms with van der Waals surface area (Å²) in [5.41, 5.74) is 2.05. The van der Waals surface area contributed by atoms with Crippen molar-refractivity contribution in [1.82, 2.24) is 4.98 Å². The molecule has 1 aromatic rings. The van der Waals surface area contributed by atoms with Crippen molar-refractivity contribution < 1.29 is 0 Å². The summed E-state index contributed by atoms with van der Waals surface area (Å²) in [6.45, 7) is 17.7. The van der Waals surface area contributed by atoms with E-state index in [0.29, 0.717) is 0 Å². The molecule has 0 bridgehead atoms. The summed E-state index contributed by atoms with van der Waals surface area (Å²) in [5.74, 6) is 0.889. The van der Waals surface area contributed by atoms with Crippen molar-refractivity contribution in [1.29, 1.82) is 0 Å². The quantitative estimate of drug-likeness (QED) is 0.770. The first-order valence-corrected chi connectivity index (χ1v) is 6.55.